The first kappa shape index (κ1) is 7.35. The molecule has 0 amide bonds. The number of nitrogens with two attached hydrogens (primary N) is 1. The van der Waals surface area contributed by atoms with Gasteiger partial charge in [-0.25, -0.2) is 0 Å². The van der Waals surface area contributed by atoms with Crippen LogP contribution in [0.3, 0.4) is 0 Å². The van der Waals surface area contributed by atoms with Crippen LogP contribution >= 0.6 is 0 Å². The molecule has 0 atom stereocenters. The van der Waals surface area contributed by atoms with Crippen molar-refractivity contribution in [2.75, 3.05) is 13.1 Å². The van der Waals surface area contributed by atoms with Crippen LogP contribution in [-0.2, 0) is 0 Å². The molecular formula is C8H14N2. The zero-order valence-corrected chi connectivity index (χ0v) is 6.41. The van der Waals surface area contributed by atoms with Gasteiger partial charge >= 0.3 is 0 Å². The zero-order chi connectivity index (χ0) is 7.56. The second-order valence-corrected chi connectivity index (χ2v) is 2.71. The summed E-state index contributed by atoms with van der Waals surface area (Å²) in [6.45, 7) is 7.79. The average Bonchev–Trinajstić information content (AvgIpc) is 1.88. The standard InChI is InChI=1S/C8H14N2/c1-6-3-4-10-5-8(6)7(2)9/h10H,2-5,9H2,1H3. The molecule has 1 heterocycles. The average molecular weight is 138 g/mol. The Bertz CT molecular complexity index is 180. The fourth-order valence-corrected chi connectivity index (χ4v) is 1.18. The largest absolute Gasteiger partial charge is 0.399 e. The summed E-state index contributed by atoms with van der Waals surface area (Å²) in [5, 5.41) is 3.25. The molecule has 3 N–H and O–H groups in total. The highest BCUT2D eigenvalue weighted by molar-refractivity contribution is 5.33. The van der Waals surface area contributed by atoms with Gasteiger partial charge in [-0.2, -0.15) is 0 Å². The zero-order valence-electron chi connectivity index (χ0n) is 6.41. The van der Waals surface area contributed by atoms with Crippen LogP contribution in [0.4, 0.5) is 0 Å². The molecule has 0 aromatic heterocycles. The number of rotatable bonds is 1. The summed E-state index contributed by atoms with van der Waals surface area (Å²) >= 11 is 0. The van der Waals surface area contributed by atoms with Crippen LogP contribution in [0.1, 0.15) is 13.3 Å². The molecule has 0 aliphatic carbocycles. The van der Waals surface area contributed by atoms with Crippen molar-refractivity contribution in [1.29, 1.82) is 0 Å². The molecule has 2 heteroatoms. The molecule has 2 nitrogen and oxygen atoms in total. The molecule has 0 radical (unpaired) electrons. The Balaban J connectivity index is 2.78. The monoisotopic (exact) mass is 138 g/mol. The first-order valence-electron chi connectivity index (χ1n) is 3.56. The molecule has 0 unspecified atom stereocenters. The Labute approximate surface area is 61.8 Å². The molecule has 0 bridgehead atoms. The fourth-order valence-electron chi connectivity index (χ4n) is 1.18. The van der Waals surface area contributed by atoms with Crippen LogP contribution in [0.2, 0.25) is 0 Å². The predicted octanol–water partition coefficient (Wildman–Crippen LogP) is 0.769. The molecule has 1 aliphatic heterocycles. The predicted molar refractivity (Wildman–Crippen MR) is 43.5 cm³/mol. The first-order valence-corrected chi connectivity index (χ1v) is 3.56. The molecule has 1 aliphatic rings. The highest BCUT2D eigenvalue weighted by Gasteiger charge is 2.08. The lowest BCUT2D eigenvalue weighted by Crippen LogP contribution is -2.26. The Morgan fingerprint density at radius 1 is 1.70 bits per heavy atom. The van der Waals surface area contributed by atoms with Crippen molar-refractivity contribution in [1.82, 2.24) is 5.32 Å². The minimum Gasteiger partial charge on any atom is -0.399 e. The summed E-state index contributed by atoms with van der Waals surface area (Å²) in [7, 11) is 0. The maximum Gasteiger partial charge on any atom is 0.0286 e. The van der Waals surface area contributed by atoms with Crippen LogP contribution in [0.15, 0.2) is 23.4 Å². The SMILES string of the molecule is C=C(N)C1=C(C)CCNC1. The Morgan fingerprint density at radius 3 is 2.80 bits per heavy atom. The minimum atomic E-state index is 0.713. The molecule has 0 aromatic rings. The van der Waals surface area contributed by atoms with E-state index in [1.807, 2.05) is 0 Å². The van der Waals surface area contributed by atoms with Gasteiger partial charge in [0, 0.05) is 12.2 Å². The van der Waals surface area contributed by atoms with Crippen molar-refractivity contribution in [3.05, 3.63) is 23.4 Å². The lowest BCUT2D eigenvalue weighted by Gasteiger charge is -2.18. The van der Waals surface area contributed by atoms with Crippen LogP contribution in [0, 0.1) is 0 Å². The Hall–Kier alpha value is -0.760. The molecule has 0 fully saturated rings. The molecular weight excluding hydrogens is 124 g/mol. The van der Waals surface area contributed by atoms with Crippen LogP contribution in [0.25, 0.3) is 0 Å². The number of hydrogen-bond acceptors (Lipinski definition) is 2. The number of nitrogens with one attached hydrogen (secondary N) is 1. The van der Waals surface area contributed by atoms with E-state index in [1.54, 1.807) is 0 Å². The summed E-state index contributed by atoms with van der Waals surface area (Å²) in [4.78, 5) is 0. The van der Waals surface area contributed by atoms with E-state index in [-0.39, 0.29) is 0 Å². The molecule has 0 saturated carbocycles. The van der Waals surface area contributed by atoms with Gasteiger partial charge in [-0.3, -0.25) is 0 Å². The molecule has 0 aromatic carbocycles. The van der Waals surface area contributed by atoms with Crippen LogP contribution in [0.5, 0.6) is 0 Å². The van der Waals surface area contributed by atoms with Crippen molar-refractivity contribution < 1.29 is 0 Å². The van der Waals surface area contributed by atoms with Crippen molar-refractivity contribution in [3.63, 3.8) is 0 Å². The van der Waals surface area contributed by atoms with Gasteiger partial charge in [0.05, 0.1) is 0 Å². The fraction of sp³-hybridized carbons (Fsp3) is 0.500. The van der Waals surface area contributed by atoms with E-state index in [9.17, 15) is 0 Å². The third kappa shape index (κ3) is 1.39. The van der Waals surface area contributed by atoms with Crippen molar-refractivity contribution >= 4 is 0 Å². The van der Waals surface area contributed by atoms with Gasteiger partial charge in [0.25, 0.3) is 0 Å². The quantitative estimate of drug-likeness (QED) is 0.561. The first-order chi connectivity index (χ1) is 4.72. The molecule has 1 rings (SSSR count). The van der Waals surface area contributed by atoms with E-state index in [0.29, 0.717) is 5.70 Å². The van der Waals surface area contributed by atoms with Gasteiger partial charge in [-0.05, 0) is 25.5 Å². The van der Waals surface area contributed by atoms with Gasteiger partial charge in [0.2, 0.25) is 0 Å². The van der Waals surface area contributed by atoms with Crippen molar-refractivity contribution in [2.45, 2.75) is 13.3 Å². The third-order valence-corrected chi connectivity index (χ3v) is 1.88. The smallest absolute Gasteiger partial charge is 0.0286 e. The maximum atomic E-state index is 5.57. The van der Waals surface area contributed by atoms with E-state index in [4.69, 9.17) is 5.73 Å². The lowest BCUT2D eigenvalue weighted by molar-refractivity contribution is 0.680. The minimum absolute atomic E-state index is 0.713. The molecule has 0 saturated heterocycles. The second kappa shape index (κ2) is 2.88. The van der Waals surface area contributed by atoms with E-state index in [1.165, 1.54) is 11.1 Å². The van der Waals surface area contributed by atoms with Crippen LogP contribution < -0.4 is 11.1 Å². The van der Waals surface area contributed by atoms with E-state index < -0.39 is 0 Å². The van der Waals surface area contributed by atoms with E-state index >= 15 is 0 Å². The van der Waals surface area contributed by atoms with Crippen molar-refractivity contribution in [3.8, 4) is 0 Å². The lowest BCUT2D eigenvalue weighted by atomic mass is 10.0. The summed E-state index contributed by atoms with van der Waals surface area (Å²) < 4.78 is 0. The van der Waals surface area contributed by atoms with Gasteiger partial charge in [-0.1, -0.05) is 12.2 Å². The normalized spacial score (nSPS) is 19.3. The summed E-state index contributed by atoms with van der Waals surface area (Å²) in [5.74, 6) is 0. The number of hydrogen-bond donors (Lipinski definition) is 2. The topological polar surface area (TPSA) is 38.0 Å². The van der Waals surface area contributed by atoms with Gasteiger partial charge in [0.1, 0.15) is 0 Å². The Morgan fingerprint density at radius 2 is 2.40 bits per heavy atom. The van der Waals surface area contributed by atoms with Gasteiger partial charge in [-0.15, -0.1) is 0 Å². The summed E-state index contributed by atoms with van der Waals surface area (Å²) in [6.07, 6.45) is 1.10. The molecule has 10 heavy (non-hydrogen) atoms. The van der Waals surface area contributed by atoms with Crippen molar-refractivity contribution in [2.24, 2.45) is 5.73 Å². The second-order valence-electron chi connectivity index (χ2n) is 2.71. The third-order valence-electron chi connectivity index (χ3n) is 1.88. The van der Waals surface area contributed by atoms with E-state index in [0.717, 1.165) is 19.5 Å². The Kier molecular flexibility index (Phi) is 2.12. The van der Waals surface area contributed by atoms with Gasteiger partial charge < -0.3 is 11.1 Å². The van der Waals surface area contributed by atoms with Crippen LogP contribution in [-0.4, -0.2) is 13.1 Å². The maximum absolute atomic E-state index is 5.57. The highest BCUT2D eigenvalue weighted by Crippen LogP contribution is 2.14. The van der Waals surface area contributed by atoms with E-state index in [2.05, 4.69) is 18.8 Å². The highest BCUT2D eigenvalue weighted by atomic mass is 14.9. The molecule has 0 spiro atoms. The molecule has 56 valence electrons. The summed E-state index contributed by atoms with van der Waals surface area (Å²) in [6, 6.07) is 0. The van der Waals surface area contributed by atoms with Gasteiger partial charge in [0.15, 0.2) is 0 Å². The summed E-state index contributed by atoms with van der Waals surface area (Å²) in [5.41, 5.74) is 8.86.